The monoisotopic (exact) mass is 223 g/mol. The van der Waals surface area contributed by atoms with Gasteiger partial charge in [-0.2, -0.15) is 0 Å². The van der Waals surface area contributed by atoms with E-state index in [1.165, 1.54) is 42.5 Å². The minimum absolute atomic E-state index is 0.0120. The van der Waals surface area contributed by atoms with Crippen molar-refractivity contribution in [2.45, 2.75) is 57.4 Å². The molecule has 2 rings (SSSR count). The van der Waals surface area contributed by atoms with Crippen molar-refractivity contribution in [2.75, 3.05) is 0 Å². The zero-order chi connectivity index (χ0) is 10.9. The molecule has 0 atom stereocenters. The Morgan fingerprint density at radius 2 is 1.93 bits per heavy atom. The van der Waals surface area contributed by atoms with Gasteiger partial charge >= 0.3 is 0 Å². The van der Waals surface area contributed by atoms with Crippen LogP contribution in [0, 0.1) is 0 Å². The summed E-state index contributed by atoms with van der Waals surface area (Å²) in [6.07, 6.45) is 6.29. The molecular formula is C13H21NS. The van der Waals surface area contributed by atoms with Gasteiger partial charge in [0, 0.05) is 10.4 Å². The Labute approximate surface area is 96.7 Å². The summed E-state index contributed by atoms with van der Waals surface area (Å²) in [5.74, 6) is 0.635. The van der Waals surface area contributed by atoms with Crippen LogP contribution in [0.4, 0.5) is 0 Å². The highest BCUT2D eigenvalue weighted by Crippen LogP contribution is 2.37. The van der Waals surface area contributed by atoms with Gasteiger partial charge in [0.1, 0.15) is 0 Å². The van der Waals surface area contributed by atoms with E-state index in [-0.39, 0.29) is 5.54 Å². The first kappa shape index (κ1) is 11.2. The van der Waals surface area contributed by atoms with Gasteiger partial charge in [0.15, 0.2) is 0 Å². The highest BCUT2D eigenvalue weighted by molar-refractivity contribution is 7.10. The molecule has 0 saturated heterocycles. The molecule has 1 nitrogen and oxygen atoms in total. The maximum Gasteiger partial charge on any atom is 0.0418 e. The summed E-state index contributed by atoms with van der Waals surface area (Å²) in [6.45, 7) is 4.50. The van der Waals surface area contributed by atoms with Gasteiger partial charge in [0.2, 0.25) is 0 Å². The highest BCUT2D eigenvalue weighted by Gasteiger charge is 2.30. The molecule has 0 aliphatic heterocycles. The largest absolute Gasteiger partial charge is 0.321 e. The Morgan fingerprint density at radius 1 is 1.27 bits per heavy atom. The summed E-state index contributed by atoms with van der Waals surface area (Å²) >= 11 is 1.87. The predicted molar refractivity (Wildman–Crippen MR) is 67.4 cm³/mol. The average Bonchev–Trinajstić information content (AvgIpc) is 2.68. The van der Waals surface area contributed by atoms with E-state index in [9.17, 15) is 0 Å². The van der Waals surface area contributed by atoms with Crippen molar-refractivity contribution in [3.8, 4) is 0 Å². The minimum Gasteiger partial charge on any atom is -0.321 e. The third-order valence-corrected chi connectivity index (χ3v) is 4.74. The first-order valence-electron chi connectivity index (χ1n) is 6.00. The Kier molecular flexibility index (Phi) is 3.17. The van der Waals surface area contributed by atoms with Crippen LogP contribution < -0.4 is 5.73 Å². The zero-order valence-corrected chi connectivity index (χ0v) is 10.6. The second-order valence-electron chi connectivity index (χ2n) is 5.11. The highest BCUT2D eigenvalue weighted by atomic mass is 32.1. The molecule has 15 heavy (non-hydrogen) atoms. The molecule has 1 fully saturated rings. The van der Waals surface area contributed by atoms with Crippen molar-refractivity contribution in [3.63, 3.8) is 0 Å². The Balaban J connectivity index is 2.20. The third kappa shape index (κ3) is 2.26. The molecule has 1 heterocycles. The van der Waals surface area contributed by atoms with Gasteiger partial charge in [0.25, 0.3) is 0 Å². The Bertz CT molecular complexity index is 321. The topological polar surface area (TPSA) is 26.0 Å². The zero-order valence-electron chi connectivity index (χ0n) is 9.75. The Morgan fingerprint density at radius 3 is 2.47 bits per heavy atom. The van der Waals surface area contributed by atoms with Crippen molar-refractivity contribution < 1.29 is 0 Å². The fourth-order valence-corrected chi connectivity index (χ4v) is 3.42. The molecule has 1 aliphatic carbocycles. The molecule has 84 valence electrons. The fraction of sp³-hybridized carbons (Fsp3) is 0.692. The summed E-state index contributed by atoms with van der Waals surface area (Å²) in [6, 6.07) is 2.33. The first-order chi connectivity index (χ1) is 7.12. The summed E-state index contributed by atoms with van der Waals surface area (Å²) in [5, 5.41) is 2.28. The van der Waals surface area contributed by atoms with E-state index in [1.807, 2.05) is 11.3 Å². The van der Waals surface area contributed by atoms with E-state index in [1.54, 1.807) is 0 Å². The van der Waals surface area contributed by atoms with E-state index >= 15 is 0 Å². The van der Waals surface area contributed by atoms with Gasteiger partial charge in [-0.25, -0.2) is 0 Å². The van der Waals surface area contributed by atoms with Crippen LogP contribution in [-0.4, -0.2) is 0 Å². The van der Waals surface area contributed by atoms with Crippen molar-refractivity contribution >= 4 is 11.3 Å². The number of hydrogen-bond acceptors (Lipinski definition) is 2. The smallest absolute Gasteiger partial charge is 0.0418 e. The van der Waals surface area contributed by atoms with Crippen LogP contribution in [0.1, 0.15) is 62.3 Å². The van der Waals surface area contributed by atoms with Gasteiger partial charge < -0.3 is 5.73 Å². The van der Waals surface area contributed by atoms with Gasteiger partial charge in [0.05, 0.1) is 0 Å². The lowest BCUT2D eigenvalue weighted by Crippen LogP contribution is -2.38. The summed E-state index contributed by atoms with van der Waals surface area (Å²) < 4.78 is 0. The van der Waals surface area contributed by atoms with Crippen molar-refractivity contribution in [1.82, 2.24) is 0 Å². The second-order valence-corrected chi connectivity index (χ2v) is 6.05. The third-order valence-electron chi connectivity index (χ3n) is 3.51. The van der Waals surface area contributed by atoms with Gasteiger partial charge in [-0.3, -0.25) is 0 Å². The van der Waals surface area contributed by atoms with Crippen molar-refractivity contribution in [2.24, 2.45) is 5.73 Å². The number of thiophene rings is 1. The van der Waals surface area contributed by atoms with Crippen molar-refractivity contribution in [1.29, 1.82) is 0 Å². The molecule has 0 bridgehead atoms. The quantitative estimate of drug-likeness (QED) is 0.806. The minimum atomic E-state index is -0.0120. The van der Waals surface area contributed by atoms with Gasteiger partial charge in [-0.1, -0.05) is 33.1 Å². The lowest BCUT2D eigenvalue weighted by Gasteiger charge is -2.33. The van der Waals surface area contributed by atoms with E-state index < -0.39 is 0 Å². The van der Waals surface area contributed by atoms with E-state index in [4.69, 9.17) is 5.73 Å². The molecule has 1 saturated carbocycles. The molecule has 0 amide bonds. The molecule has 2 heteroatoms. The molecule has 0 aromatic carbocycles. The molecule has 0 radical (unpaired) electrons. The fourth-order valence-electron chi connectivity index (χ4n) is 2.39. The van der Waals surface area contributed by atoms with Crippen LogP contribution in [0.5, 0.6) is 0 Å². The maximum atomic E-state index is 6.50. The molecule has 0 spiro atoms. The van der Waals surface area contributed by atoms with Crippen LogP contribution in [0.3, 0.4) is 0 Å². The van der Waals surface area contributed by atoms with Crippen LogP contribution in [0.2, 0.25) is 0 Å². The van der Waals surface area contributed by atoms with Crippen molar-refractivity contribution in [3.05, 3.63) is 21.9 Å². The lowest BCUT2D eigenvalue weighted by molar-refractivity contribution is 0.303. The van der Waals surface area contributed by atoms with E-state index in [2.05, 4.69) is 25.3 Å². The number of rotatable bonds is 2. The van der Waals surface area contributed by atoms with Gasteiger partial charge in [-0.05, 0) is 35.8 Å². The molecule has 2 N–H and O–H groups in total. The summed E-state index contributed by atoms with van der Waals surface area (Å²) in [7, 11) is 0. The lowest BCUT2D eigenvalue weighted by atomic mass is 9.78. The molecular weight excluding hydrogens is 202 g/mol. The van der Waals surface area contributed by atoms with Crippen LogP contribution >= 0.6 is 11.3 Å². The maximum absolute atomic E-state index is 6.50. The van der Waals surface area contributed by atoms with E-state index in [0.717, 1.165) is 0 Å². The molecule has 1 aromatic heterocycles. The SMILES string of the molecule is CC(C)c1cc(C2(N)CCCCC2)cs1. The summed E-state index contributed by atoms with van der Waals surface area (Å²) in [4.78, 5) is 1.47. The number of nitrogens with two attached hydrogens (primary N) is 1. The van der Waals surface area contributed by atoms with Crippen LogP contribution in [0.25, 0.3) is 0 Å². The normalized spacial score (nSPS) is 20.8. The van der Waals surface area contributed by atoms with E-state index in [0.29, 0.717) is 5.92 Å². The molecule has 1 aromatic rings. The Hall–Kier alpha value is -0.340. The van der Waals surface area contributed by atoms with Gasteiger partial charge in [-0.15, -0.1) is 11.3 Å². The molecule has 1 aliphatic rings. The average molecular weight is 223 g/mol. The summed E-state index contributed by atoms with van der Waals surface area (Å²) in [5.41, 5.74) is 7.87. The second kappa shape index (κ2) is 4.26. The first-order valence-corrected chi connectivity index (χ1v) is 6.87. The molecule has 0 unspecified atom stereocenters. The number of hydrogen-bond donors (Lipinski definition) is 1. The van der Waals surface area contributed by atoms with Crippen LogP contribution in [-0.2, 0) is 5.54 Å². The standard InChI is InChI=1S/C13H21NS/c1-10(2)12-8-11(9-15-12)13(14)6-4-3-5-7-13/h8-10H,3-7,14H2,1-2H3. The predicted octanol–water partition coefficient (Wildman–Crippen LogP) is 3.99. The van der Waals surface area contributed by atoms with Crippen LogP contribution in [0.15, 0.2) is 11.4 Å².